The summed E-state index contributed by atoms with van der Waals surface area (Å²) < 4.78 is 23.4. The molecule has 0 saturated carbocycles. The van der Waals surface area contributed by atoms with Crippen LogP contribution in [0.3, 0.4) is 0 Å². The van der Waals surface area contributed by atoms with Crippen LogP contribution in [0.4, 0.5) is 5.69 Å². The molecule has 4 N–H and O–H groups in total. The van der Waals surface area contributed by atoms with Crippen molar-refractivity contribution in [3.63, 3.8) is 0 Å². The maximum absolute atomic E-state index is 12.6. The predicted octanol–water partition coefficient (Wildman–Crippen LogP) is -0.822. The number of carbonyl (C=O) groups is 1. The molecule has 1 amide bonds. The summed E-state index contributed by atoms with van der Waals surface area (Å²) >= 11 is 0. The van der Waals surface area contributed by atoms with E-state index >= 15 is 0 Å². The van der Waals surface area contributed by atoms with Crippen LogP contribution in [0, 0.1) is 5.92 Å². The van der Waals surface area contributed by atoms with Crippen LogP contribution < -0.4 is 42.4 Å². The van der Waals surface area contributed by atoms with Crippen molar-refractivity contribution in [1.82, 2.24) is 15.0 Å². The maximum atomic E-state index is 12.6. The number of nitrogens with one attached hydrogen (secondary N) is 1. The summed E-state index contributed by atoms with van der Waals surface area (Å²) in [6.45, 7) is 3.90. The highest BCUT2D eigenvalue weighted by Crippen LogP contribution is 2.40. The number of amides is 1. The lowest BCUT2D eigenvalue weighted by atomic mass is 10.0. The number of carbonyl (C=O) groups excluding carboxylic acids is 1. The van der Waals surface area contributed by atoms with Gasteiger partial charge >= 0.3 is 0 Å². The van der Waals surface area contributed by atoms with Gasteiger partial charge < -0.3 is 42.4 Å². The number of halogens is 1. The van der Waals surface area contributed by atoms with Gasteiger partial charge in [-0.25, -0.2) is 4.68 Å². The van der Waals surface area contributed by atoms with Gasteiger partial charge in [0.1, 0.15) is 5.75 Å². The lowest BCUT2D eigenvalue weighted by molar-refractivity contribution is -0.412. The topological polar surface area (TPSA) is 124 Å². The molecule has 1 aromatic heterocycles. The molecule has 0 spiro atoms. The maximum Gasteiger partial charge on any atom is 0.282 e. The Morgan fingerprint density at radius 1 is 0.971 bits per heavy atom. The van der Waals surface area contributed by atoms with Gasteiger partial charge in [0.25, 0.3) is 5.91 Å². The number of hydrogen-bond acceptors (Lipinski definition) is 7. The quantitative estimate of drug-likeness (QED) is 0.400. The minimum Gasteiger partial charge on any atom is -1.00 e. The number of hydrogen-bond donors (Lipinski definition) is 2. The van der Waals surface area contributed by atoms with E-state index in [0.29, 0.717) is 40.1 Å². The van der Waals surface area contributed by atoms with E-state index in [4.69, 9.17) is 18.9 Å². The standard InChI is InChI=1S/C23H29N5O5.ClH/c1-13(2)21(24)23(29)26-16-9-14(7-8-18(16)30-3)17-12-25-27-28(17)15-10-19(31-4)22(33-6)20(11-15)32-5;/h7-13,21H,24H2,1-6H3,(H,26,29);1H. The van der Waals surface area contributed by atoms with Crippen molar-refractivity contribution >= 4 is 11.6 Å². The number of rotatable bonds is 9. The second-order valence-electron chi connectivity index (χ2n) is 7.67. The number of nitrogens with zero attached hydrogens (tertiary/aromatic N) is 3. The van der Waals surface area contributed by atoms with Crippen molar-refractivity contribution in [2.24, 2.45) is 5.92 Å². The largest absolute Gasteiger partial charge is 1.00 e. The molecule has 1 atom stereocenters. The van der Waals surface area contributed by atoms with Gasteiger partial charge in [0, 0.05) is 23.6 Å². The van der Waals surface area contributed by atoms with Crippen LogP contribution in [0.5, 0.6) is 23.0 Å². The molecular weight excluding hydrogens is 462 g/mol. The molecule has 1 heterocycles. The van der Waals surface area contributed by atoms with E-state index in [1.807, 2.05) is 26.0 Å². The Hall–Kier alpha value is -3.50. The normalized spacial score (nSPS) is 11.4. The summed E-state index contributed by atoms with van der Waals surface area (Å²) in [6.07, 6.45) is 1.63. The van der Waals surface area contributed by atoms with Crippen molar-refractivity contribution in [2.45, 2.75) is 19.9 Å². The Morgan fingerprint density at radius 3 is 2.12 bits per heavy atom. The zero-order chi connectivity index (χ0) is 24.1. The number of anilines is 1. The molecule has 0 saturated heterocycles. The van der Waals surface area contributed by atoms with E-state index in [9.17, 15) is 4.79 Å². The van der Waals surface area contributed by atoms with Gasteiger partial charge in [-0.15, -0.1) is 5.10 Å². The average Bonchev–Trinajstić information content (AvgIpc) is 3.32. The average molecular weight is 492 g/mol. The first kappa shape index (κ1) is 26.7. The minimum atomic E-state index is -0.398. The van der Waals surface area contributed by atoms with Gasteiger partial charge in [-0.05, 0) is 18.2 Å². The van der Waals surface area contributed by atoms with Gasteiger partial charge in [-0.3, -0.25) is 4.79 Å². The fourth-order valence-corrected chi connectivity index (χ4v) is 3.31. The Kier molecular flexibility index (Phi) is 9.11. The summed E-state index contributed by atoms with van der Waals surface area (Å²) in [7, 11) is 6.20. The van der Waals surface area contributed by atoms with Crippen LogP contribution in [0.2, 0.25) is 0 Å². The van der Waals surface area contributed by atoms with Gasteiger partial charge in [-0.1, -0.05) is 19.1 Å². The van der Waals surface area contributed by atoms with Crippen LogP contribution in [0.15, 0.2) is 36.5 Å². The second-order valence-corrected chi connectivity index (χ2v) is 7.67. The van der Waals surface area contributed by atoms with Crippen molar-refractivity contribution in [3.05, 3.63) is 36.5 Å². The Labute approximate surface area is 204 Å². The highest BCUT2D eigenvalue weighted by Gasteiger charge is 2.23. The third-order valence-electron chi connectivity index (χ3n) is 5.34. The fourth-order valence-electron chi connectivity index (χ4n) is 3.31. The molecule has 3 rings (SSSR count). The van der Waals surface area contributed by atoms with Gasteiger partial charge in [0.2, 0.25) is 5.75 Å². The van der Waals surface area contributed by atoms with E-state index in [0.717, 1.165) is 5.56 Å². The number of aromatic nitrogens is 3. The third-order valence-corrected chi connectivity index (χ3v) is 5.34. The smallest absolute Gasteiger partial charge is 0.282 e. The Morgan fingerprint density at radius 2 is 1.59 bits per heavy atom. The van der Waals surface area contributed by atoms with E-state index in [2.05, 4.69) is 21.4 Å². The van der Waals surface area contributed by atoms with Crippen LogP contribution >= 0.6 is 0 Å². The SMILES string of the molecule is COc1ccc(-c2cnnn2-c2cc(OC)c(OC)c(OC)c2)cc1NC(=O)C([NH3+])C(C)C.[Cl-]. The summed E-state index contributed by atoms with van der Waals surface area (Å²) in [5.41, 5.74) is 6.61. The first-order chi connectivity index (χ1) is 15.8. The van der Waals surface area contributed by atoms with Gasteiger partial charge in [0.15, 0.2) is 17.5 Å². The highest BCUT2D eigenvalue weighted by atomic mass is 35.5. The van der Waals surface area contributed by atoms with E-state index in [1.165, 1.54) is 0 Å². The Balaban J connectivity index is 0.00000408. The summed E-state index contributed by atoms with van der Waals surface area (Å²) in [4.78, 5) is 12.6. The number of benzene rings is 2. The van der Waals surface area contributed by atoms with Crippen LogP contribution in [-0.2, 0) is 4.79 Å². The molecule has 3 aromatic rings. The van der Waals surface area contributed by atoms with Crippen LogP contribution in [0.25, 0.3) is 16.9 Å². The molecule has 34 heavy (non-hydrogen) atoms. The number of ether oxygens (including phenoxy) is 4. The monoisotopic (exact) mass is 491 g/mol. The zero-order valence-corrected chi connectivity index (χ0v) is 20.8. The van der Waals surface area contributed by atoms with E-state index in [-0.39, 0.29) is 24.2 Å². The number of quaternary nitrogens is 1. The third kappa shape index (κ3) is 5.35. The molecule has 0 aliphatic carbocycles. The van der Waals surface area contributed by atoms with E-state index < -0.39 is 6.04 Å². The summed E-state index contributed by atoms with van der Waals surface area (Å²) in [5, 5.41) is 11.2. The summed E-state index contributed by atoms with van der Waals surface area (Å²) in [6, 6.07) is 8.63. The first-order valence-corrected chi connectivity index (χ1v) is 10.4. The highest BCUT2D eigenvalue weighted by molar-refractivity contribution is 5.96. The minimum absolute atomic E-state index is 0. The summed E-state index contributed by atoms with van der Waals surface area (Å²) in [5.74, 6) is 1.92. The molecule has 11 heteroatoms. The van der Waals surface area contributed by atoms with Crippen molar-refractivity contribution in [1.29, 1.82) is 0 Å². The lowest BCUT2D eigenvalue weighted by Gasteiger charge is -2.16. The second kappa shape index (κ2) is 11.6. The molecule has 0 fully saturated rings. The molecule has 184 valence electrons. The molecule has 0 aliphatic heterocycles. The van der Waals surface area contributed by atoms with Crippen molar-refractivity contribution in [2.75, 3.05) is 33.8 Å². The first-order valence-electron chi connectivity index (χ1n) is 10.4. The van der Waals surface area contributed by atoms with Gasteiger partial charge in [-0.2, -0.15) is 0 Å². The lowest BCUT2D eigenvalue weighted by Crippen LogP contribution is -3.00. The Bertz CT molecular complexity index is 1110. The molecule has 0 bridgehead atoms. The molecule has 2 aromatic carbocycles. The molecule has 0 radical (unpaired) electrons. The predicted molar refractivity (Wildman–Crippen MR) is 123 cm³/mol. The molecule has 0 aliphatic rings. The number of methoxy groups -OCH3 is 4. The molecule has 1 unspecified atom stereocenters. The van der Waals surface area contributed by atoms with E-state index in [1.54, 1.807) is 57.5 Å². The fraction of sp³-hybridized carbons (Fsp3) is 0.348. The van der Waals surface area contributed by atoms with Gasteiger partial charge in [0.05, 0.1) is 51.7 Å². The van der Waals surface area contributed by atoms with Crippen LogP contribution in [0.1, 0.15) is 13.8 Å². The van der Waals surface area contributed by atoms with Crippen molar-refractivity contribution in [3.8, 4) is 39.9 Å². The van der Waals surface area contributed by atoms with Crippen molar-refractivity contribution < 1.29 is 41.9 Å². The van der Waals surface area contributed by atoms with Crippen LogP contribution in [-0.4, -0.2) is 55.4 Å². The zero-order valence-electron chi connectivity index (χ0n) is 20.1. The molecule has 10 nitrogen and oxygen atoms in total. The molecular formula is C23H30ClN5O5.